The largest absolute Gasteiger partial charge is 0.505 e. The summed E-state index contributed by atoms with van der Waals surface area (Å²) in [6.45, 7) is 1.97. The lowest BCUT2D eigenvalue weighted by Crippen LogP contribution is -2.11. The van der Waals surface area contributed by atoms with Gasteiger partial charge in [-0.25, -0.2) is 4.98 Å². The Morgan fingerprint density at radius 3 is 2.80 bits per heavy atom. The van der Waals surface area contributed by atoms with Gasteiger partial charge in [-0.1, -0.05) is 12.1 Å². The van der Waals surface area contributed by atoms with Gasteiger partial charge in [0.25, 0.3) is 5.91 Å². The number of phenols is 1. The van der Waals surface area contributed by atoms with Gasteiger partial charge >= 0.3 is 0 Å². The molecule has 0 saturated carbocycles. The van der Waals surface area contributed by atoms with Crippen LogP contribution in [0.2, 0.25) is 0 Å². The second kappa shape index (κ2) is 4.61. The number of aryl methyl sites for hydroxylation is 1. The van der Waals surface area contributed by atoms with Gasteiger partial charge in [0.2, 0.25) is 0 Å². The first-order chi connectivity index (χ1) is 9.58. The summed E-state index contributed by atoms with van der Waals surface area (Å²) in [7, 11) is 0. The standard InChI is InChI=1S/C15H12N2O2S/c1-8-7-9-4-5-10(15(16)19)14(18)13(9)17-12(8)11-3-2-6-20-11/h2-7,18H,1H3,(H2,16,19). The number of aromatic nitrogens is 1. The maximum atomic E-state index is 11.3. The summed E-state index contributed by atoms with van der Waals surface area (Å²) in [6.07, 6.45) is 0. The lowest BCUT2D eigenvalue weighted by molar-refractivity contribution is 0.0998. The Hall–Kier alpha value is -2.40. The molecular formula is C15H12N2O2S. The third-order valence-corrected chi connectivity index (χ3v) is 4.05. The molecule has 1 aromatic carbocycles. The predicted octanol–water partition coefficient (Wildman–Crippen LogP) is 3.08. The number of nitrogens with zero attached hydrogens (tertiary/aromatic N) is 1. The Bertz CT molecular complexity index is 810. The van der Waals surface area contributed by atoms with E-state index in [2.05, 4.69) is 4.98 Å². The van der Waals surface area contributed by atoms with Crippen LogP contribution in [0.3, 0.4) is 0 Å². The molecule has 3 N–H and O–H groups in total. The number of primary amides is 1. The Balaban J connectivity index is 2.32. The van der Waals surface area contributed by atoms with Crippen LogP contribution in [0, 0.1) is 6.92 Å². The zero-order chi connectivity index (χ0) is 14.3. The molecule has 2 heterocycles. The topological polar surface area (TPSA) is 76.2 Å². The highest BCUT2D eigenvalue weighted by atomic mass is 32.1. The molecule has 0 radical (unpaired) electrons. The quantitative estimate of drug-likeness (QED) is 0.759. The molecule has 0 fully saturated rings. The van der Waals surface area contributed by atoms with Crippen molar-refractivity contribution in [2.45, 2.75) is 6.92 Å². The van der Waals surface area contributed by atoms with Crippen LogP contribution in [0.5, 0.6) is 5.75 Å². The monoisotopic (exact) mass is 284 g/mol. The number of carbonyl (C=O) groups excluding carboxylic acids is 1. The van der Waals surface area contributed by atoms with E-state index in [-0.39, 0.29) is 11.3 Å². The SMILES string of the molecule is Cc1cc2ccc(C(N)=O)c(O)c2nc1-c1cccs1. The van der Waals surface area contributed by atoms with Crippen LogP contribution >= 0.6 is 11.3 Å². The van der Waals surface area contributed by atoms with Crippen molar-refractivity contribution in [3.63, 3.8) is 0 Å². The van der Waals surface area contributed by atoms with E-state index in [9.17, 15) is 9.90 Å². The minimum absolute atomic E-state index is 0.0889. The number of rotatable bonds is 2. The number of nitrogens with two attached hydrogens (primary N) is 1. The van der Waals surface area contributed by atoms with Crippen LogP contribution in [0.1, 0.15) is 15.9 Å². The minimum Gasteiger partial charge on any atom is -0.505 e. The van der Waals surface area contributed by atoms with Crippen LogP contribution < -0.4 is 5.73 Å². The van der Waals surface area contributed by atoms with Crippen molar-refractivity contribution in [1.29, 1.82) is 0 Å². The van der Waals surface area contributed by atoms with Crippen LogP contribution in [0.4, 0.5) is 0 Å². The molecule has 0 unspecified atom stereocenters. The molecule has 0 bridgehead atoms. The van der Waals surface area contributed by atoms with Crippen molar-refractivity contribution in [3.8, 4) is 16.3 Å². The van der Waals surface area contributed by atoms with E-state index in [1.807, 2.05) is 30.5 Å². The second-order valence-electron chi connectivity index (χ2n) is 4.53. The van der Waals surface area contributed by atoms with Crippen LogP contribution in [-0.4, -0.2) is 16.0 Å². The van der Waals surface area contributed by atoms with Crippen LogP contribution in [-0.2, 0) is 0 Å². The highest BCUT2D eigenvalue weighted by molar-refractivity contribution is 7.13. The number of aromatic hydroxyl groups is 1. The molecule has 0 aliphatic rings. The Morgan fingerprint density at radius 1 is 1.35 bits per heavy atom. The third kappa shape index (κ3) is 1.92. The summed E-state index contributed by atoms with van der Waals surface area (Å²) >= 11 is 1.58. The van der Waals surface area contributed by atoms with Crippen LogP contribution in [0.15, 0.2) is 35.7 Å². The van der Waals surface area contributed by atoms with E-state index in [1.165, 1.54) is 6.07 Å². The van der Waals surface area contributed by atoms with E-state index >= 15 is 0 Å². The zero-order valence-corrected chi connectivity index (χ0v) is 11.6. The molecule has 3 aromatic rings. The fourth-order valence-electron chi connectivity index (χ4n) is 2.19. The number of carbonyl (C=O) groups is 1. The van der Waals surface area contributed by atoms with Crippen molar-refractivity contribution in [3.05, 3.63) is 46.8 Å². The summed E-state index contributed by atoms with van der Waals surface area (Å²) in [4.78, 5) is 16.8. The van der Waals surface area contributed by atoms with E-state index in [0.717, 1.165) is 21.5 Å². The number of pyridine rings is 1. The van der Waals surface area contributed by atoms with Gasteiger partial charge in [0.1, 0.15) is 5.52 Å². The maximum Gasteiger partial charge on any atom is 0.252 e. The molecule has 0 aliphatic heterocycles. The highest BCUT2D eigenvalue weighted by Crippen LogP contribution is 2.33. The van der Waals surface area contributed by atoms with Gasteiger partial charge in [0.05, 0.1) is 16.1 Å². The molecule has 4 nitrogen and oxygen atoms in total. The summed E-state index contributed by atoms with van der Waals surface area (Å²) in [5.74, 6) is -0.822. The number of amides is 1. The number of hydrogen-bond acceptors (Lipinski definition) is 4. The smallest absolute Gasteiger partial charge is 0.252 e. The molecule has 0 atom stereocenters. The fraction of sp³-hybridized carbons (Fsp3) is 0.0667. The van der Waals surface area contributed by atoms with Gasteiger partial charge in [0.15, 0.2) is 5.75 Å². The summed E-state index contributed by atoms with van der Waals surface area (Å²) in [5.41, 5.74) is 7.56. The first-order valence-corrected chi connectivity index (χ1v) is 6.93. The number of benzene rings is 1. The molecule has 5 heteroatoms. The van der Waals surface area contributed by atoms with E-state index in [1.54, 1.807) is 17.4 Å². The maximum absolute atomic E-state index is 11.3. The average Bonchev–Trinajstić information content (AvgIpc) is 2.91. The van der Waals surface area contributed by atoms with E-state index < -0.39 is 5.91 Å². The predicted molar refractivity (Wildman–Crippen MR) is 80.0 cm³/mol. The average molecular weight is 284 g/mol. The lowest BCUT2D eigenvalue weighted by Gasteiger charge is -2.09. The van der Waals surface area contributed by atoms with Gasteiger partial charge in [0, 0.05) is 5.39 Å². The number of fused-ring (bicyclic) bond motifs is 1. The first kappa shape index (κ1) is 12.6. The van der Waals surface area contributed by atoms with Crippen molar-refractivity contribution in [1.82, 2.24) is 4.98 Å². The van der Waals surface area contributed by atoms with Gasteiger partial charge in [-0.3, -0.25) is 4.79 Å². The molecule has 1 amide bonds. The zero-order valence-electron chi connectivity index (χ0n) is 10.8. The number of hydrogen-bond donors (Lipinski definition) is 2. The minimum atomic E-state index is -0.663. The molecule has 0 aliphatic carbocycles. The lowest BCUT2D eigenvalue weighted by atomic mass is 10.1. The van der Waals surface area contributed by atoms with E-state index in [0.29, 0.717) is 5.52 Å². The Labute approximate surface area is 119 Å². The molecule has 0 saturated heterocycles. The Morgan fingerprint density at radius 2 is 2.15 bits per heavy atom. The highest BCUT2D eigenvalue weighted by Gasteiger charge is 2.14. The molecule has 100 valence electrons. The van der Waals surface area contributed by atoms with Crippen molar-refractivity contribution < 1.29 is 9.90 Å². The van der Waals surface area contributed by atoms with Gasteiger partial charge in [-0.15, -0.1) is 11.3 Å². The first-order valence-electron chi connectivity index (χ1n) is 6.05. The summed E-state index contributed by atoms with van der Waals surface area (Å²) < 4.78 is 0. The van der Waals surface area contributed by atoms with Gasteiger partial charge < -0.3 is 10.8 Å². The molecule has 20 heavy (non-hydrogen) atoms. The van der Waals surface area contributed by atoms with Gasteiger partial charge in [-0.05, 0) is 36.1 Å². The molecule has 3 rings (SSSR count). The molecule has 2 aromatic heterocycles. The molecule has 0 spiro atoms. The van der Waals surface area contributed by atoms with Gasteiger partial charge in [-0.2, -0.15) is 0 Å². The van der Waals surface area contributed by atoms with Crippen molar-refractivity contribution in [2.75, 3.05) is 0 Å². The van der Waals surface area contributed by atoms with Crippen molar-refractivity contribution >= 4 is 28.1 Å². The second-order valence-corrected chi connectivity index (χ2v) is 5.48. The van der Waals surface area contributed by atoms with Crippen LogP contribution in [0.25, 0.3) is 21.5 Å². The fourth-order valence-corrected chi connectivity index (χ4v) is 2.97. The van der Waals surface area contributed by atoms with E-state index in [4.69, 9.17) is 5.73 Å². The Kier molecular flexibility index (Phi) is 2.91. The normalized spacial score (nSPS) is 10.8. The number of thiophene rings is 1. The molecular weight excluding hydrogens is 272 g/mol. The summed E-state index contributed by atoms with van der Waals surface area (Å²) in [6, 6.07) is 9.13. The van der Waals surface area contributed by atoms with Crippen molar-refractivity contribution in [2.24, 2.45) is 5.73 Å². The third-order valence-electron chi connectivity index (χ3n) is 3.17. The summed E-state index contributed by atoms with van der Waals surface area (Å²) in [5, 5.41) is 12.9.